The molecule has 0 aromatic carbocycles. The van der Waals surface area contributed by atoms with E-state index in [1.165, 1.54) is 5.56 Å². The molecule has 3 nitrogen and oxygen atoms in total. The Morgan fingerprint density at radius 1 is 1.31 bits per heavy atom. The van der Waals surface area contributed by atoms with Crippen molar-refractivity contribution in [2.24, 2.45) is 5.73 Å². The molecule has 0 unspecified atom stereocenters. The Labute approximate surface area is 97.7 Å². The summed E-state index contributed by atoms with van der Waals surface area (Å²) in [7, 11) is 2.17. The van der Waals surface area contributed by atoms with Crippen LogP contribution in [0.1, 0.15) is 24.8 Å². The van der Waals surface area contributed by atoms with E-state index in [2.05, 4.69) is 29.1 Å². The van der Waals surface area contributed by atoms with Gasteiger partial charge in [-0.2, -0.15) is 0 Å². The van der Waals surface area contributed by atoms with Crippen LogP contribution < -0.4 is 5.73 Å². The summed E-state index contributed by atoms with van der Waals surface area (Å²) in [6, 6.07) is 4.16. The number of aryl methyl sites for hydroxylation is 1. The van der Waals surface area contributed by atoms with Crippen molar-refractivity contribution in [2.75, 3.05) is 20.1 Å². The highest BCUT2D eigenvalue weighted by atomic mass is 15.1. The van der Waals surface area contributed by atoms with E-state index in [0.717, 1.165) is 38.8 Å². The van der Waals surface area contributed by atoms with Gasteiger partial charge in [-0.1, -0.05) is 0 Å². The number of hydrogen-bond acceptors (Lipinski definition) is 3. The lowest BCUT2D eigenvalue weighted by Crippen LogP contribution is -2.49. The summed E-state index contributed by atoms with van der Waals surface area (Å²) in [6.45, 7) is 2.26. The SMILES string of the molecule is CN1CCC(N)(CCc2ccncc2)CC1. The monoisotopic (exact) mass is 219 g/mol. The van der Waals surface area contributed by atoms with Crippen molar-refractivity contribution >= 4 is 0 Å². The number of likely N-dealkylation sites (tertiary alicyclic amines) is 1. The molecule has 1 aromatic heterocycles. The molecule has 1 aliphatic heterocycles. The summed E-state index contributed by atoms with van der Waals surface area (Å²) in [6.07, 6.45) is 8.11. The van der Waals surface area contributed by atoms with E-state index in [0.29, 0.717) is 0 Å². The van der Waals surface area contributed by atoms with Crippen LogP contribution in [-0.2, 0) is 6.42 Å². The van der Waals surface area contributed by atoms with E-state index in [1.54, 1.807) is 0 Å². The minimum Gasteiger partial charge on any atom is -0.325 e. The summed E-state index contributed by atoms with van der Waals surface area (Å²) in [5, 5.41) is 0. The molecule has 88 valence electrons. The van der Waals surface area contributed by atoms with Crippen LogP contribution in [0.5, 0.6) is 0 Å². The van der Waals surface area contributed by atoms with Crippen LogP contribution in [-0.4, -0.2) is 35.6 Å². The van der Waals surface area contributed by atoms with Gasteiger partial charge in [-0.05, 0) is 63.5 Å². The number of aromatic nitrogens is 1. The van der Waals surface area contributed by atoms with Crippen LogP contribution in [0.25, 0.3) is 0 Å². The van der Waals surface area contributed by atoms with E-state index in [9.17, 15) is 0 Å². The highest BCUT2D eigenvalue weighted by Gasteiger charge is 2.28. The molecule has 0 atom stereocenters. The Morgan fingerprint density at radius 2 is 1.94 bits per heavy atom. The van der Waals surface area contributed by atoms with E-state index in [4.69, 9.17) is 5.73 Å². The van der Waals surface area contributed by atoms with Gasteiger partial charge in [0.2, 0.25) is 0 Å². The van der Waals surface area contributed by atoms with Crippen molar-refractivity contribution in [3.63, 3.8) is 0 Å². The second-order valence-electron chi connectivity index (χ2n) is 5.02. The molecular weight excluding hydrogens is 198 g/mol. The lowest BCUT2D eigenvalue weighted by atomic mass is 9.83. The smallest absolute Gasteiger partial charge is 0.0270 e. The average molecular weight is 219 g/mol. The summed E-state index contributed by atoms with van der Waals surface area (Å²) in [4.78, 5) is 6.39. The van der Waals surface area contributed by atoms with Crippen LogP contribution in [0.2, 0.25) is 0 Å². The fourth-order valence-electron chi connectivity index (χ4n) is 2.26. The standard InChI is InChI=1S/C13H21N3/c1-16-10-6-13(14,7-11-16)5-2-12-3-8-15-9-4-12/h3-4,8-9H,2,5-7,10-11,14H2,1H3. The highest BCUT2D eigenvalue weighted by molar-refractivity contribution is 5.10. The molecule has 0 saturated carbocycles. The van der Waals surface area contributed by atoms with Gasteiger partial charge in [-0.3, -0.25) is 4.98 Å². The van der Waals surface area contributed by atoms with Crippen molar-refractivity contribution in [1.82, 2.24) is 9.88 Å². The Balaban J connectivity index is 1.85. The van der Waals surface area contributed by atoms with E-state index in [1.807, 2.05) is 12.4 Å². The van der Waals surface area contributed by atoms with Gasteiger partial charge < -0.3 is 10.6 Å². The second-order valence-corrected chi connectivity index (χ2v) is 5.02. The lowest BCUT2D eigenvalue weighted by Gasteiger charge is -2.37. The molecule has 16 heavy (non-hydrogen) atoms. The fourth-order valence-corrected chi connectivity index (χ4v) is 2.26. The Bertz CT molecular complexity index is 315. The molecule has 1 aromatic rings. The topological polar surface area (TPSA) is 42.1 Å². The molecule has 2 heterocycles. The molecule has 1 aliphatic rings. The third kappa shape index (κ3) is 3.03. The summed E-state index contributed by atoms with van der Waals surface area (Å²) in [5.74, 6) is 0. The zero-order valence-corrected chi connectivity index (χ0v) is 10.0. The van der Waals surface area contributed by atoms with Gasteiger partial charge in [-0.15, -0.1) is 0 Å². The number of hydrogen-bond donors (Lipinski definition) is 1. The predicted octanol–water partition coefficient (Wildman–Crippen LogP) is 1.44. The minimum atomic E-state index is 0.0514. The molecule has 2 N–H and O–H groups in total. The number of piperidine rings is 1. The number of nitrogens with zero attached hydrogens (tertiary/aromatic N) is 2. The normalized spacial score (nSPS) is 20.9. The van der Waals surface area contributed by atoms with Crippen molar-refractivity contribution in [2.45, 2.75) is 31.2 Å². The van der Waals surface area contributed by atoms with Gasteiger partial charge in [0.15, 0.2) is 0 Å². The van der Waals surface area contributed by atoms with E-state index < -0.39 is 0 Å². The van der Waals surface area contributed by atoms with Crippen molar-refractivity contribution in [3.8, 4) is 0 Å². The Kier molecular flexibility index (Phi) is 3.56. The molecule has 1 fully saturated rings. The molecule has 0 bridgehead atoms. The van der Waals surface area contributed by atoms with Crippen LogP contribution in [0, 0.1) is 0 Å². The molecule has 0 radical (unpaired) electrons. The number of nitrogens with two attached hydrogens (primary N) is 1. The largest absolute Gasteiger partial charge is 0.325 e. The summed E-state index contributed by atoms with van der Waals surface area (Å²) >= 11 is 0. The van der Waals surface area contributed by atoms with Crippen molar-refractivity contribution in [3.05, 3.63) is 30.1 Å². The van der Waals surface area contributed by atoms with Gasteiger partial charge in [0.05, 0.1) is 0 Å². The fraction of sp³-hybridized carbons (Fsp3) is 0.615. The first-order valence-corrected chi connectivity index (χ1v) is 6.04. The summed E-state index contributed by atoms with van der Waals surface area (Å²) < 4.78 is 0. The molecule has 0 spiro atoms. The first-order chi connectivity index (χ1) is 7.68. The van der Waals surface area contributed by atoms with Gasteiger partial charge in [0.25, 0.3) is 0 Å². The molecular formula is C13H21N3. The summed E-state index contributed by atoms with van der Waals surface area (Å²) in [5.41, 5.74) is 7.82. The number of pyridine rings is 1. The molecule has 1 saturated heterocycles. The quantitative estimate of drug-likeness (QED) is 0.836. The maximum absolute atomic E-state index is 6.43. The van der Waals surface area contributed by atoms with Gasteiger partial charge >= 0.3 is 0 Å². The Hall–Kier alpha value is -0.930. The van der Waals surface area contributed by atoms with Crippen LogP contribution in [0.15, 0.2) is 24.5 Å². The zero-order valence-electron chi connectivity index (χ0n) is 10.0. The van der Waals surface area contributed by atoms with Crippen LogP contribution >= 0.6 is 0 Å². The third-order valence-corrected chi connectivity index (χ3v) is 3.64. The molecule has 3 heteroatoms. The predicted molar refractivity (Wildman–Crippen MR) is 66.2 cm³/mol. The van der Waals surface area contributed by atoms with Crippen molar-refractivity contribution < 1.29 is 0 Å². The minimum absolute atomic E-state index is 0.0514. The first kappa shape index (κ1) is 11.6. The Morgan fingerprint density at radius 3 is 2.56 bits per heavy atom. The second kappa shape index (κ2) is 4.93. The molecule has 2 rings (SSSR count). The van der Waals surface area contributed by atoms with Gasteiger partial charge in [0.1, 0.15) is 0 Å². The van der Waals surface area contributed by atoms with Crippen LogP contribution in [0.4, 0.5) is 0 Å². The highest BCUT2D eigenvalue weighted by Crippen LogP contribution is 2.23. The van der Waals surface area contributed by atoms with Gasteiger partial charge in [0, 0.05) is 17.9 Å². The molecule has 0 amide bonds. The van der Waals surface area contributed by atoms with Crippen molar-refractivity contribution in [1.29, 1.82) is 0 Å². The lowest BCUT2D eigenvalue weighted by molar-refractivity contribution is 0.182. The zero-order chi connectivity index (χ0) is 11.4. The van der Waals surface area contributed by atoms with E-state index in [-0.39, 0.29) is 5.54 Å². The first-order valence-electron chi connectivity index (χ1n) is 6.04. The maximum Gasteiger partial charge on any atom is 0.0270 e. The third-order valence-electron chi connectivity index (χ3n) is 3.64. The van der Waals surface area contributed by atoms with Crippen LogP contribution in [0.3, 0.4) is 0 Å². The van der Waals surface area contributed by atoms with Gasteiger partial charge in [-0.25, -0.2) is 0 Å². The average Bonchev–Trinajstić information content (AvgIpc) is 2.33. The molecule has 0 aliphatic carbocycles. The van der Waals surface area contributed by atoms with E-state index >= 15 is 0 Å². The number of rotatable bonds is 3. The maximum atomic E-state index is 6.43.